The van der Waals surface area contributed by atoms with E-state index in [-0.39, 0.29) is 19.2 Å². The minimum Gasteiger partial charge on any atom is -0.505 e. The summed E-state index contributed by atoms with van der Waals surface area (Å²) in [5.74, 6) is -1.26. The fourth-order valence-corrected chi connectivity index (χ4v) is 1.82. The number of benzene rings is 1. The third-order valence-electron chi connectivity index (χ3n) is 2.76. The van der Waals surface area contributed by atoms with E-state index in [1.54, 1.807) is 0 Å². The van der Waals surface area contributed by atoms with Gasteiger partial charge in [-0.25, -0.2) is 0 Å². The Labute approximate surface area is 123 Å². The molecule has 0 saturated carbocycles. The van der Waals surface area contributed by atoms with Gasteiger partial charge in [-0.15, -0.1) is 13.2 Å². The van der Waals surface area contributed by atoms with Gasteiger partial charge in [0.25, 0.3) is 0 Å². The van der Waals surface area contributed by atoms with Crippen molar-refractivity contribution in [2.24, 2.45) is 0 Å². The summed E-state index contributed by atoms with van der Waals surface area (Å²) in [5.41, 5.74) is -3.82. The van der Waals surface area contributed by atoms with Crippen LogP contribution in [0, 0.1) is 0 Å². The fourth-order valence-electron chi connectivity index (χ4n) is 1.82. The fraction of sp³-hybridized carbons (Fsp3) is 0.286. The minimum atomic E-state index is -5.12. The Kier molecular flexibility index (Phi) is 5.16. The zero-order chi connectivity index (χ0) is 17.1. The van der Waals surface area contributed by atoms with Gasteiger partial charge >= 0.3 is 12.4 Å². The summed E-state index contributed by atoms with van der Waals surface area (Å²) in [6.07, 6.45) is -7.52. The molecule has 8 heteroatoms. The molecule has 22 heavy (non-hydrogen) atoms. The van der Waals surface area contributed by atoms with Crippen LogP contribution in [0.5, 0.6) is 5.75 Å². The molecule has 0 amide bonds. The van der Waals surface area contributed by atoms with Crippen LogP contribution in [-0.4, -0.2) is 18.2 Å². The number of halogens is 6. The van der Waals surface area contributed by atoms with E-state index in [0.29, 0.717) is 6.07 Å². The molecule has 1 N–H and O–H groups in total. The van der Waals surface area contributed by atoms with Gasteiger partial charge < -0.3 is 10.0 Å². The quantitative estimate of drug-likeness (QED) is 0.631. The van der Waals surface area contributed by atoms with Crippen molar-refractivity contribution in [2.45, 2.75) is 12.4 Å². The van der Waals surface area contributed by atoms with Gasteiger partial charge in [-0.3, -0.25) is 0 Å². The first-order chi connectivity index (χ1) is 10.0. The molecule has 0 spiro atoms. The normalized spacial score (nSPS) is 12.1. The van der Waals surface area contributed by atoms with Gasteiger partial charge in [0.15, 0.2) is 5.75 Å². The molecule has 0 heterocycles. The molecular weight excluding hydrogens is 312 g/mol. The van der Waals surface area contributed by atoms with Crippen LogP contribution >= 0.6 is 0 Å². The number of rotatable bonds is 5. The van der Waals surface area contributed by atoms with Crippen LogP contribution in [0.3, 0.4) is 0 Å². The maximum atomic E-state index is 12.8. The van der Waals surface area contributed by atoms with Crippen LogP contribution < -0.4 is 4.90 Å². The number of hydrogen-bond donors (Lipinski definition) is 1. The van der Waals surface area contributed by atoms with E-state index in [1.165, 1.54) is 12.2 Å². The first-order valence-corrected chi connectivity index (χ1v) is 6.00. The summed E-state index contributed by atoms with van der Waals surface area (Å²) in [5, 5.41) is 9.74. The van der Waals surface area contributed by atoms with E-state index in [1.807, 2.05) is 0 Å². The summed E-state index contributed by atoms with van der Waals surface area (Å²) in [6, 6.07) is 0.358. The summed E-state index contributed by atoms with van der Waals surface area (Å²) in [7, 11) is 0. The maximum Gasteiger partial charge on any atom is 0.420 e. The smallest absolute Gasteiger partial charge is 0.420 e. The summed E-state index contributed by atoms with van der Waals surface area (Å²) < 4.78 is 76.9. The second kappa shape index (κ2) is 6.33. The largest absolute Gasteiger partial charge is 0.505 e. The predicted octanol–water partition coefficient (Wildman–Crippen LogP) is 4.61. The number of nitrogens with zero attached hydrogens (tertiary/aromatic N) is 1. The molecule has 122 valence electrons. The number of alkyl halides is 6. The monoisotopic (exact) mass is 325 g/mol. The van der Waals surface area contributed by atoms with E-state index in [2.05, 4.69) is 13.2 Å². The molecule has 0 aliphatic carbocycles. The standard InChI is InChI=1S/C14H13F6NO/c1-3-5-21(6-4-2)11-8-9(13(15,16)17)7-10(12(11)22)14(18,19)20/h3-4,7-8,22H,1-2,5-6H2. The van der Waals surface area contributed by atoms with Gasteiger partial charge in [0, 0.05) is 13.1 Å². The van der Waals surface area contributed by atoms with Crippen molar-refractivity contribution in [1.82, 2.24) is 0 Å². The molecule has 0 unspecified atom stereocenters. The van der Waals surface area contributed by atoms with E-state index in [0.717, 1.165) is 4.90 Å². The van der Waals surface area contributed by atoms with E-state index >= 15 is 0 Å². The maximum absolute atomic E-state index is 12.8. The first-order valence-electron chi connectivity index (χ1n) is 6.00. The highest BCUT2D eigenvalue weighted by Gasteiger charge is 2.40. The van der Waals surface area contributed by atoms with Gasteiger partial charge in [-0.05, 0) is 12.1 Å². The van der Waals surface area contributed by atoms with E-state index in [4.69, 9.17) is 0 Å². The van der Waals surface area contributed by atoms with E-state index < -0.39 is 34.9 Å². The number of phenolic OH excluding ortho intramolecular Hbond substituents is 1. The molecule has 0 atom stereocenters. The molecule has 1 rings (SSSR count). The van der Waals surface area contributed by atoms with Crippen molar-refractivity contribution in [1.29, 1.82) is 0 Å². The molecular formula is C14H13F6NO. The van der Waals surface area contributed by atoms with Crippen LogP contribution in [-0.2, 0) is 12.4 Å². The van der Waals surface area contributed by atoms with Crippen LogP contribution in [0.2, 0.25) is 0 Å². The van der Waals surface area contributed by atoms with Crippen molar-refractivity contribution in [3.05, 3.63) is 48.6 Å². The van der Waals surface area contributed by atoms with Crippen LogP contribution in [0.15, 0.2) is 37.4 Å². The number of aromatic hydroxyl groups is 1. The molecule has 0 saturated heterocycles. The lowest BCUT2D eigenvalue weighted by Gasteiger charge is -2.25. The molecule has 1 aromatic carbocycles. The number of phenols is 1. The molecule has 0 aliphatic rings. The van der Waals surface area contributed by atoms with Crippen LogP contribution in [0.1, 0.15) is 11.1 Å². The SMILES string of the molecule is C=CCN(CC=C)c1cc(C(F)(F)F)cc(C(F)(F)F)c1O. The second-order valence-corrected chi connectivity index (χ2v) is 4.37. The van der Waals surface area contributed by atoms with Gasteiger partial charge in [0.1, 0.15) is 0 Å². The van der Waals surface area contributed by atoms with Gasteiger partial charge in [-0.2, -0.15) is 26.3 Å². The average Bonchev–Trinajstić information content (AvgIpc) is 2.36. The zero-order valence-corrected chi connectivity index (χ0v) is 11.3. The summed E-state index contributed by atoms with van der Waals surface area (Å²) in [6.45, 7) is 6.64. The molecule has 0 aliphatic heterocycles. The topological polar surface area (TPSA) is 23.5 Å². The van der Waals surface area contributed by atoms with Crippen LogP contribution in [0.4, 0.5) is 32.0 Å². The Hall–Kier alpha value is -2.12. The highest BCUT2D eigenvalue weighted by atomic mass is 19.4. The Bertz CT molecular complexity index is 552. The highest BCUT2D eigenvalue weighted by molar-refractivity contribution is 5.64. The summed E-state index contributed by atoms with van der Waals surface area (Å²) in [4.78, 5) is 1.10. The molecule has 2 nitrogen and oxygen atoms in total. The Balaban J connectivity index is 3.60. The number of anilines is 1. The van der Waals surface area contributed by atoms with Gasteiger partial charge in [0.05, 0.1) is 16.8 Å². The van der Waals surface area contributed by atoms with Crippen molar-refractivity contribution in [3.63, 3.8) is 0 Å². The third-order valence-corrected chi connectivity index (χ3v) is 2.76. The molecule has 0 fully saturated rings. The first kappa shape index (κ1) is 17.9. The van der Waals surface area contributed by atoms with Crippen molar-refractivity contribution < 1.29 is 31.4 Å². The lowest BCUT2D eigenvalue weighted by molar-refractivity contribution is -0.143. The molecule has 0 radical (unpaired) electrons. The summed E-state index contributed by atoms with van der Waals surface area (Å²) >= 11 is 0. The van der Waals surface area contributed by atoms with Crippen molar-refractivity contribution in [2.75, 3.05) is 18.0 Å². The second-order valence-electron chi connectivity index (χ2n) is 4.37. The average molecular weight is 325 g/mol. The van der Waals surface area contributed by atoms with Gasteiger partial charge in [0.2, 0.25) is 0 Å². The Morgan fingerprint density at radius 2 is 1.45 bits per heavy atom. The molecule has 1 aromatic rings. The number of hydrogen-bond acceptors (Lipinski definition) is 2. The van der Waals surface area contributed by atoms with Crippen molar-refractivity contribution in [3.8, 4) is 5.75 Å². The molecule has 0 bridgehead atoms. The zero-order valence-electron chi connectivity index (χ0n) is 11.3. The third kappa shape index (κ3) is 3.96. The van der Waals surface area contributed by atoms with Crippen LogP contribution in [0.25, 0.3) is 0 Å². The van der Waals surface area contributed by atoms with Gasteiger partial charge in [-0.1, -0.05) is 12.2 Å². The minimum absolute atomic E-state index is 0.0574. The lowest BCUT2D eigenvalue weighted by Crippen LogP contribution is -2.25. The predicted molar refractivity (Wildman–Crippen MR) is 70.7 cm³/mol. The highest BCUT2D eigenvalue weighted by Crippen LogP contribution is 2.45. The van der Waals surface area contributed by atoms with Crippen molar-refractivity contribution >= 4 is 5.69 Å². The Morgan fingerprint density at radius 3 is 1.82 bits per heavy atom. The lowest BCUT2D eigenvalue weighted by atomic mass is 10.1. The Morgan fingerprint density at radius 1 is 0.955 bits per heavy atom. The molecule has 0 aromatic heterocycles. The van der Waals surface area contributed by atoms with E-state index in [9.17, 15) is 31.4 Å².